The van der Waals surface area contributed by atoms with Gasteiger partial charge in [-0.15, -0.1) is 11.3 Å². The molecule has 0 radical (unpaired) electrons. The molecule has 0 N–H and O–H groups in total. The van der Waals surface area contributed by atoms with Crippen LogP contribution in [0.3, 0.4) is 0 Å². The summed E-state index contributed by atoms with van der Waals surface area (Å²) in [6.07, 6.45) is 7.41. The van der Waals surface area contributed by atoms with Crippen LogP contribution in [0.5, 0.6) is 0 Å². The number of thiophene rings is 1. The van der Waals surface area contributed by atoms with E-state index in [1.165, 1.54) is 25.7 Å². The molecule has 2 rings (SSSR count). The van der Waals surface area contributed by atoms with Gasteiger partial charge in [0.2, 0.25) is 0 Å². The molecule has 1 heterocycles. The molecule has 0 saturated heterocycles. The lowest BCUT2D eigenvalue weighted by Crippen LogP contribution is -2.36. The van der Waals surface area contributed by atoms with Gasteiger partial charge in [-0.25, -0.2) is 0 Å². The quantitative estimate of drug-likeness (QED) is 0.641. The van der Waals surface area contributed by atoms with Gasteiger partial charge in [-0.2, -0.15) is 0 Å². The fourth-order valence-electron chi connectivity index (χ4n) is 2.49. The van der Waals surface area contributed by atoms with Crippen molar-refractivity contribution in [3.8, 4) is 0 Å². The molecule has 0 atom stereocenters. The molecule has 1 amide bonds. The zero-order valence-corrected chi connectivity index (χ0v) is 14.4. The van der Waals surface area contributed by atoms with Gasteiger partial charge in [-0.1, -0.05) is 25.7 Å². The van der Waals surface area contributed by atoms with Crippen molar-refractivity contribution in [2.75, 3.05) is 7.05 Å². The summed E-state index contributed by atoms with van der Waals surface area (Å²) in [4.78, 5) is 14.4. The summed E-state index contributed by atoms with van der Waals surface area (Å²) in [6, 6.07) is 2.31. The van der Waals surface area contributed by atoms with Crippen LogP contribution in [-0.4, -0.2) is 23.9 Å². The molecule has 1 aliphatic carbocycles. The van der Waals surface area contributed by atoms with Crippen molar-refractivity contribution in [1.29, 1.82) is 0 Å². The molecule has 0 unspecified atom stereocenters. The van der Waals surface area contributed by atoms with E-state index >= 15 is 0 Å². The van der Waals surface area contributed by atoms with Crippen LogP contribution in [-0.2, 0) is 0 Å². The van der Waals surface area contributed by atoms with Crippen molar-refractivity contribution in [3.05, 3.63) is 19.2 Å². The van der Waals surface area contributed by atoms with E-state index in [1.807, 2.05) is 18.0 Å². The van der Waals surface area contributed by atoms with Gasteiger partial charge < -0.3 is 4.90 Å². The molecule has 2 nitrogen and oxygen atoms in total. The highest BCUT2D eigenvalue weighted by Crippen LogP contribution is 2.33. The molecule has 1 fully saturated rings. The molecule has 18 heavy (non-hydrogen) atoms. The first-order valence-corrected chi connectivity index (χ1v) is 8.72. The number of carbonyl (C=O) groups excluding carboxylic acids is 1. The summed E-state index contributed by atoms with van der Waals surface area (Å²) in [7, 11) is 1.94. The number of amides is 1. The SMILES string of the molecule is CN(C(=O)c1cc(Br)sc1Br)C1CCCCCC1. The lowest BCUT2D eigenvalue weighted by molar-refractivity contribution is 0.0717. The predicted octanol–water partition coefficient (Wildman–Crippen LogP) is 5.07. The zero-order valence-electron chi connectivity index (χ0n) is 10.4. The topological polar surface area (TPSA) is 20.3 Å². The molecular formula is C13H17Br2NOS. The maximum absolute atomic E-state index is 12.5. The van der Waals surface area contributed by atoms with Crippen LogP contribution in [0.25, 0.3) is 0 Å². The summed E-state index contributed by atoms with van der Waals surface area (Å²) in [6.45, 7) is 0. The van der Waals surface area contributed by atoms with Gasteiger partial charge >= 0.3 is 0 Å². The van der Waals surface area contributed by atoms with E-state index in [1.54, 1.807) is 11.3 Å². The Kier molecular flexibility index (Phi) is 5.27. The highest BCUT2D eigenvalue weighted by molar-refractivity contribution is 9.12. The Morgan fingerprint density at radius 3 is 2.39 bits per heavy atom. The maximum atomic E-state index is 12.5. The number of hydrogen-bond donors (Lipinski definition) is 0. The van der Waals surface area contributed by atoms with E-state index < -0.39 is 0 Å². The summed E-state index contributed by atoms with van der Waals surface area (Å²) < 4.78 is 1.91. The van der Waals surface area contributed by atoms with Crippen LogP contribution in [0.15, 0.2) is 13.6 Å². The average Bonchev–Trinajstić information content (AvgIpc) is 2.59. The average molecular weight is 395 g/mol. The standard InChI is InChI=1S/C13H17Br2NOS/c1-16(9-6-4-2-3-5-7-9)13(17)10-8-11(14)18-12(10)15/h8-9H,2-7H2,1H3. The van der Waals surface area contributed by atoms with Crippen molar-refractivity contribution < 1.29 is 4.79 Å². The molecule has 5 heteroatoms. The number of nitrogens with zero attached hydrogens (tertiary/aromatic N) is 1. The van der Waals surface area contributed by atoms with Crippen LogP contribution >= 0.6 is 43.2 Å². The lowest BCUT2D eigenvalue weighted by Gasteiger charge is -2.27. The Balaban J connectivity index is 2.10. The smallest absolute Gasteiger partial charge is 0.255 e. The molecule has 0 bridgehead atoms. The fourth-order valence-corrected chi connectivity index (χ4v) is 5.26. The van der Waals surface area contributed by atoms with Gasteiger partial charge in [-0.3, -0.25) is 4.79 Å². The van der Waals surface area contributed by atoms with Gasteiger partial charge in [0.25, 0.3) is 5.91 Å². The monoisotopic (exact) mass is 393 g/mol. The summed E-state index contributed by atoms with van der Waals surface area (Å²) in [5.41, 5.74) is 0.777. The van der Waals surface area contributed by atoms with Crippen LogP contribution in [0.4, 0.5) is 0 Å². The van der Waals surface area contributed by atoms with Crippen molar-refractivity contribution in [2.24, 2.45) is 0 Å². The van der Waals surface area contributed by atoms with Gasteiger partial charge in [0.15, 0.2) is 0 Å². The molecule has 1 aliphatic rings. The van der Waals surface area contributed by atoms with Gasteiger partial charge in [-0.05, 0) is 50.8 Å². The molecule has 0 aliphatic heterocycles. The number of halogens is 2. The summed E-state index contributed by atoms with van der Waals surface area (Å²) in [5.74, 6) is 0.135. The first kappa shape index (κ1) is 14.5. The first-order chi connectivity index (χ1) is 8.59. The second-order valence-electron chi connectivity index (χ2n) is 4.80. The summed E-state index contributed by atoms with van der Waals surface area (Å²) >= 11 is 8.44. The number of carbonyl (C=O) groups is 1. The summed E-state index contributed by atoms with van der Waals surface area (Å²) in [5, 5.41) is 0. The first-order valence-electron chi connectivity index (χ1n) is 6.31. The minimum Gasteiger partial charge on any atom is -0.339 e. The second kappa shape index (κ2) is 6.53. The normalized spacial score (nSPS) is 17.5. The Hall–Kier alpha value is 0.130. The molecule has 0 aromatic carbocycles. The van der Waals surface area contributed by atoms with Crippen LogP contribution in [0.1, 0.15) is 48.9 Å². The molecule has 1 aromatic rings. The van der Waals surface area contributed by atoms with Crippen molar-refractivity contribution in [3.63, 3.8) is 0 Å². The third-order valence-corrected chi connectivity index (χ3v) is 5.92. The Bertz CT molecular complexity index is 425. The fraction of sp³-hybridized carbons (Fsp3) is 0.615. The molecule has 1 aromatic heterocycles. The van der Waals surface area contributed by atoms with E-state index in [2.05, 4.69) is 31.9 Å². The third kappa shape index (κ3) is 3.36. The van der Waals surface area contributed by atoms with Crippen molar-refractivity contribution in [1.82, 2.24) is 4.90 Å². The minimum atomic E-state index is 0.135. The zero-order chi connectivity index (χ0) is 13.1. The number of rotatable bonds is 2. The largest absolute Gasteiger partial charge is 0.339 e. The van der Waals surface area contributed by atoms with Crippen LogP contribution < -0.4 is 0 Å². The third-order valence-electron chi connectivity index (χ3n) is 3.58. The molecule has 0 spiro atoms. The Morgan fingerprint density at radius 1 is 1.28 bits per heavy atom. The molecule has 100 valence electrons. The van der Waals surface area contributed by atoms with E-state index in [4.69, 9.17) is 0 Å². The predicted molar refractivity (Wildman–Crippen MR) is 83.3 cm³/mol. The van der Waals surface area contributed by atoms with E-state index in [9.17, 15) is 4.79 Å². The highest BCUT2D eigenvalue weighted by atomic mass is 79.9. The second-order valence-corrected chi connectivity index (χ2v) is 8.55. The molecular weight excluding hydrogens is 378 g/mol. The van der Waals surface area contributed by atoms with E-state index in [-0.39, 0.29) is 5.91 Å². The Morgan fingerprint density at radius 2 is 1.89 bits per heavy atom. The van der Waals surface area contributed by atoms with Crippen molar-refractivity contribution >= 4 is 49.1 Å². The van der Waals surface area contributed by atoms with Gasteiger partial charge in [0, 0.05) is 13.1 Å². The van der Waals surface area contributed by atoms with Gasteiger partial charge in [0.1, 0.15) is 0 Å². The van der Waals surface area contributed by atoms with Crippen molar-refractivity contribution in [2.45, 2.75) is 44.6 Å². The maximum Gasteiger partial charge on any atom is 0.255 e. The molecule has 1 saturated carbocycles. The van der Waals surface area contributed by atoms with Gasteiger partial charge in [0.05, 0.1) is 13.1 Å². The van der Waals surface area contributed by atoms with E-state index in [0.29, 0.717) is 6.04 Å². The van der Waals surface area contributed by atoms with Crippen LogP contribution in [0, 0.1) is 0 Å². The lowest BCUT2D eigenvalue weighted by atomic mass is 10.1. The van der Waals surface area contributed by atoms with E-state index in [0.717, 1.165) is 26.0 Å². The highest BCUT2D eigenvalue weighted by Gasteiger charge is 2.24. The Labute approximate surface area is 129 Å². The van der Waals surface area contributed by atoms with Crippen LogP contribution in [0.2, 0.25) is 0 Å². The number of hydrogen-bond acceptors (Lipinski definition) is 2. The minimum absolute atomic E-state index is 0.135.